The number of fused-ring (bicyclic) bond motifs is 1. The molecular weight excluding hydrogens is 283 g/mol. The molecule has 22 heavy (non-hydrogen) atoms. The Morgan fingerprint density at radius 1 is 0.955 bits per heavy atom. The number of nitrogens with zero attached hydrogens (tertiary/aromatic N) is 2. The molecule has 0 atom stereocenters. The third-order valence-electron chi connectivity index (χ3n) is 3.30. The number of rotatable bonds is 5. The second-order valence-corrected chi connectivity index (χ2v) is 4.76. The van der Waals surface area contributed by atoms with E-state index in [4.69, 9.17) is 9.47 Å². The van der Waals surface area contributed by atoms with Crippen molar-refractivity contribution >= 4 is 10.9 Å². The van der Waals surface area contributed by atoms with Crippen molar-refractivity contribution in [2.75, 3.05) is 20.3 Å². The first-order chi connectivity index (χ1) is 10.8. The fourth-order valence-electron chi connectivity index (χ4n) is 2.19. The molecule has 0 aliphatic rings. The molecule has 0 unspecified atom stereocenters. The lowest BCUT2D eigenvalue weighted by Crippen LogP contribution is -2.06. The molecule has 0 spiro atoms. The highest BCUT2D eigenvalue weighted by Gasteiger charge is 2.07. The molecule has 0 bridgehead atoms. The van der Waals surface area contributed by atoms with Crippen molar-refractivity contribution < 1.29 is 13.9 Å². The van der Waals surface area contributed by atoms with Crippen molar-refractivity contribution in [1.82, 2.24) is 9.97 Å². The van der Waals surface area contributed by atoms with Crippen LogP contribution in [0.3, 0.4) is 0 Å². The van der Waals surface area contributed by atoms with Crippen LogP contribution < -0.4 is 4.74 Å². The molecule has 0 aliphatic heterocycles. The predicted molar refractivity (Wildman–Crippen MR) is 82.3 cm³/mol. The normalized spacial score (nSPS) is 10.8. The largest absolute Gasteiger partial charge is 0.475 e. The van der Waals surface area contributed by atoms with Crippen LogP contribution in [0.25, 0.3) is 22.0 Å². The van der Waals surface area contributed by atoms with Gasteiger partial charge in [0.25, 0.3) is 0 Å². The SMILES string of the molecule is COCCOc1ncnc2ccc(-c3ccc(F)cc3)cc12. The van der Waals surface area contributed by atoms with E-state index in [2.05, 4.69) is 9.97 Å². The molecule has 0 saturated carbocycles. The van der Waals surface area contributed by atoms with Crippen LogP contribution in [0, 0.1) is 5.82 Å². The zero-order valence-electron chi connectivity index (χ0n) is 12.1. The van der Waals surface area contributed by atoms with E-state index < -0.39 is 0 Å². The Kier molecular flexibility index (Phi) is 4.25. The number of hydrogen-bond acceptors (Lipinski definition) is 4. The first-order valence-electron chi connectivity index (χ1n) is 6.90. The summed E-state index contributed by atoms with van der Waals surface area (Å²) in [6.45, 7) is 0.909. The van der Waals surface area contributed by atoms with E-state index in [1.54, 1.807) is 19.2 Å². The Bertz CT molecular complexity index is 775. The van der Waals surface area contributed by atoms with E-state index in [1.165, 1.54) is 18.5 Å². The molecule has 0 fully saturated rings. The van der Waals surface area contributed by atoms with Crippen LogP contribution >= 0.6 is 0 Å². The van der Waals surface area contributed by atoms with Gasteiger partial charge in [-0.2, -0.15) is 0 Å². The Morgan fingerprint density at radius 3 is 2.50 bits per heavy atom. The minimum atomic E-state index is -0.253. The number of ether oxygens (including phenoxy) is 2. The highest BCUT2D eigenvalue weighted by atomic mass is 19.1. The lowest BCUT2D eigenvalue weighted by atomic mass is 10.0. The molecule has 4 nitrogen and oxygen atoms in total. The topological polar surface area (TPSA) is 44.2 Å². The number of aromatic nitrogens is 2. The van der Waals surface area contributed by atoms with Gasteiger partial charge in [0, 0.05) is 7.11 Å². The van der Waals surface area contributed by atoms with Crippen LogP contribution in [0.5, 0.6) is 5.88 Å². The van der Waals surface area contributed by atoms with Gasteiger partial charge in [-0.05, 0) is 35.4 Å². The van der Waals surface area contributed by atoms with Gasteiger partial charge in [0.2, 0.25) is 5.88 Å². The van der Waals surface area contributed by atoms with E-state index in [0.717, 1.165) is 22.0 Å². The van der Waals surface area contributed by atoms with E-state index in [0.29, 0.717) is 19.1 Å². The second kappa shape index (κ2) is 6.49. The summed E-state index contributed by atoms with van der Waals surface area (Å²) in [5, 5.41) is 0.820. The predicted octanol–water partition coefficient (Wildman–Crippen LogP) is 3.46. The van der Waals surface area contributed by atoms with Gasteiger partial charge in [-0.1, -0.05) is 18.2 Å². The maximum Gasteiger partial charge on any atom is 0.224 e. The van der Waals surface area contributed by atoms with Gasteiger partial charge in [0.05, 0.1) is 17.5 Å². The van der Waals surface area contributed by atoms with Crippen molar-refractivity contribution in [2.45, 2.75) is 0 Å². The van der Waals surface area contributed by atoms with Crippen LogP contribution in [-0.2, 0) is 4.74 Å². The summed E-state index contributed by atoms with van der Waals surface area (Å²) in [5.74, 6) is 0.266. The molecule has 112 valence electrons. The van der Waals surface area contributed by atoms with Crippen molar-refractivity contribution in [3.63, 3.8) is 0 Å². The molecule has 0 radical (unpaired) electrons. The van der Waals surface area contributed by atoms with Gasteiger partial charge < -0.3 is 9.47 Å². The lowest BCUT2D eigenvalue weighted by molar-refractivity contribution is 0.144. The molecule has 0 saturated heterocycles. The smallest absolute Gasteiger partial charge is 0.224 e. The molecule has 5 heteroatoms. The van der Waals surface area contributed by atoms with Gasteiger partial charge >= 0.3 is 0 Å². The van der Waals surface area contributed by atoms with Crippen molar-refractivity contribution in [3.8, 4) is 17.0 Å². The van der Waals surface area contributed by atoms with E-state index >= 15 is 0 Å². The monoisotopic (exact) mass is 298 g/mol. The molecular formula is C17H15FN2O2. The first-order valence-corrected chi connectivity index (χ1v) is 6.90. The zero-order chi connectivity index (χ0) is 15.4. The van der Waals surface area contributed by atoms with Crippen LogP contribution in [0.2, 0.25) is 0 Å². The first kappa shape index (κ1) is 14.4. The Morgan fingerprint density at radius 2 is 1.73 bits per heavy atom. The third-order valence-corrected chi connectivity index (χ3v) is 3.30. The van der Waals surface area contributed by atoms with E-state index in [9.17, 15) is 4.39 Å². The molecule has 0 aliphatic carbocycles. The molecule has 2 aromatic carbocycles. The van der Waals surface area contributed by atoms with Crippen LogP contribution in [0.1, 0.15) is 0 Å². The van der Waals surface area contributed by atoms with Gasteiger partial charge in [-0.15, -0.1) is 0 Å². The maximum atomic E-state index is 13.0. The quantitative estimate of drug-likeness (QED) is 0.677. The second-order valence-electron chi connectivity index (χ2n) is 4.76. The maximum absolute atomic E-state index is 13.0. The van der Waals surface area contributed by atoms with E-state index in [1.807, 2.05) is 18.2 Å². The number of methoxy groups -OCH3 is 1. The third kappa shape index (κ3) is 3.04. The van der Waals surface area contributed by atoms with Crippen LogP contribution in [0.4, 0.5) is 4.39 Å². The summed E-state index contributed by atoms with van der Waals surface area (Å²) in [4.78, 5) is 8.42. The Labute approximate surface area is 127 Å². The molecule has 0 N–H and O–H groups in total. The van der Waals surface area contributed by atoms with Crippen LogP contribution in [-0.4, -0.2) is 30.3 Å². The van der Waals surface area contributed by atoms with Gasteiger partial charge in [0.1, 0.15) is 18.8 Å². The molecule has 3 aromatic rings. The summed E-state index contributed by atoms with van der Waals surface area (Å²) in [6, 6.07) is 12.2. The van der Waals surface area contributed by atoms with Crippen molar-refractivity contribution in [1.29, 1.82) is 0 Å². The molecule has 1 aromatic heterocycles. The lowest BCUT2D eigenvalue weighted by Gasteiger charge is -2.09. The standard InChI is InChI=1S/C17H15FN2O2/c1-21-8-9-22-17-15-10-13(4-7-16(15)19-11-20-17)12-2-5-14(18)6-3-12/h2-7,10-11H,8-9H2,1H3. The number of halogens is 1. The average molecular weight is 298 g/mol. The highest BCUT2D eigenvalue weighted by Crippen LogP contribution is 2.28. The van der Waals surface area contributed by atoms with Crippen molar-refractivity contribution in [3.05, 3.63) is 54.6 Å². The van der Waals surface area contributed by atoms with Gasteiger partial charge in [-0.25, -0.2) is 14.4 Å². The number of hydrogen-bond donors (Lipinski definition) is 0. The van der Waals surface area contributed by atoms with Gasteiger partial charge in [-0.3, -0.25) is 0 Å². The minimum absolute atomic E-state index is 0.253. The fraction of sp³-hybridized carbons (Fsp3) is 0.176. The summed E-state index contributed by atoms with van der Waals surface area (Å²) in [7, 11) is 1.62. The Balaban J connectivity index is 2.00. The highest BCUT2D eigenvalue weighted by molar-refractivity contribution is 5.88. The molecule has 3 rings (SSSR count). The summed E-state index contributed by atoms with van der Waals surface area (Å²) in [5.41, 5.74) is 2.68. The fourth-order valence-corrected chi connectivity index (χ4v) is 2.19. The number of benzene rings is 2. The van der Waals surface area contributed by atoms with E-state index in [-0.39, 0.29) is 5.82 Å². The molecule has 0 amide bonds. The zero-order valence-corrected chi connectivity index (χ0v) is 12.1. The average Bonchev–Trinajstić information content (AvgIpc) is 2.55. The Hall–Kier alpha value is -2.53. The van der Waals surface area contributed by atoms with Crippen LogP contribution in [0.15, 0.2) is 48.8 Å². The summed E-state index contributed by atoms with van der Waals surface area (Å²) >= 11 is 0. The summed E-state index contributed by atoms with van der Waals surface area (Å²) in [6.07, 6.45) is 1.47. The van der Waals surface area contributed by atoms with Gasteiger partial charge in [0.15, 0.2) is 0 Å². The summed E-state index contributed by atoms with van der Waals surface area (Å²) < 4.78 is 23.7. The molecule has 1 heterocycles. The minimum Gasteiger partial charge on any atom is -0.475 e. The van der Waals surface area contributed by atoms with Crippen molar-refractivity contribution in [2.24, 2.45) is 0 Å².